The third-order valence-corrected chi connectivity index (χ3v) is 7.17. The molecule has 33 heavy (non-hydrogen) atoms. The molecule has 3 aliphatic rings. The lowest BCUT2D eigenvalue weighted by Gasteiger charge is -2.45. The van der Waals surface area contributed by atoms with Crippen molar-refractivity contribution in [3.8, 4) is 23.0 Å². The maximum Gasteiger partial charge on any atom is 0.126 e. The van der Waals surface area contributed by atoms with Crippen molar-refractivity contribution in [2.24, 2.45) is 11.8 Å². The fourth-order valence-electron chi connectivity index (χ4n) is 5.55. The number of ether oxygens (including phenoxy) is 5. The highest BCUT2D eigenvalue weighted by molar-refractivity contribution is 5.52. The molecule has 3 aliphatic heterocycles. The van der Waals surface area contributed by atoms with Crippen LogP contribution in [0.1, 0.15) is 48.2 Å². The van der Waals surface area contributed by atoms with Gasteiger partial charge in [0, 0.05) is 42.2 Å². The van der Waals surface area contributed by atoms with Crippen LogP contribution in [-0.2, 0) is 11.2 Å². The van der Waals surface area contributed by atoms with Crippen LogP contribution < -0.4 is 18.9 Å². The molecular weight excluding hydrogens is 424 g/mol. The summed E-state index contributed by atoms with van der Waals surface area (Å²) in [6, 6.07) is 9.29. The van der Waals surface area contributed by atoms with Gasteiger partial charge in [-0.2, -0.15) is 0 Å². The number of methoxy groups -OCH3 is 2. The van der Waals surface area contributed by atoms with Gasteiger partial charge in [0.15, 0.2) is 0 Å². The van der Waals surface area contributed by atoms with Crippen LogP contribution in [0.5, 0.6) is 23.0 Å². The Morgan fingerprint density at radius 3 is 2.64 bits per heavy atom. The van der Waals surface area contributed by atoms with Crippen LogP contribution in [0.2, 0.25) is 0 Å². The molecule has 5 atom stereocenters. The molecule has 5 rings (SSSR count). The van der Waals surface area contributed by atoms with Gasteiger partial charge in [-0.25, -0.2) is 0 Å². The van der Waals surface area contributed by atoms with Crippen LogP contribution >= 0.6 is 0 Å². The molecule has 0 fully saturated rings. The van der Waals surface area contributed by atoms with E-state index in [1.807, 2.05) is 30.3 Å². The maximum atomic E-state index is 11.8. The largest absolute Gasteiger partial charge is 0.497 e. The number of aliphatic hydroxyl groups is 2. The second-order valence-corrected chi connectivity index (χ2v) is 9.04. The summed E-state index contributed by atoms with van der Waals surface area (Å²) in [6.45, 7) is 1.59. The van der Waals surface area contributed by atoms with Crippen molar-refractivity contribution in [3.63, 3.8) is 0 Å². The molecule has 0 radical (unpaired) electrons. The maximum absolute atomic E-state index is 11.8. The molecular formula is C26H32O7. The topological polar surface area (TPSA) is 86.6 Å². The molecule has 0 amide bonds. The van der Waals surface area contributed by atoms with Gasteiger partial charge in [-0.15, -0.1) is 0 Å². The number of benzene rings is 2. The van der Waals surface area contributed by atoms with Crippen LogP contribution in [0.4, 0.5) is 0 Å². The lowest BCUT2D eigenvalue weighted by molar-refractivity contribution is -0.0892. The molecule has 0 spiro atoms. The fourth-order valence-corrected chi connectivity index (χ4v) is 5.55. The zero-order chi connectivity index (χ0) is 22.9. The Kier molecular flexibility index (Phi) is 6.36. The van der Waals surface area contributed by atoms with Crippen LogP contribution in [0.15, 0.2) is 30.3 Å². The highest BCUT2D eigenvalue weighted by atomic mass is 16.5. The first-order valence-corrected chi connectivity index (χ1v) is 11.7. The van der Waals surface area contributed by atoms with Crippen molar-refractivity contribution in [1.29, 1.82) is 0 Å². The number of hydrogen-bond acceptors (Lipinski definition) is 7. The third-order valence-electron chi connectivity index (χ3n) is 7.17. The lowest BCUT2D eigenvalue weighted by atomic mass is 9.72. The van der Waals surface area contributed by atoms with Crippen molar-refractivity contribution in [2.75, 3.05) is 34.0 Å². The van der Waals surface area contributed by atoms with E-state index in [0.717, 1.165) is 36.1 Å². The van der Waals surface area contributed by atoms with Gasteiger partial charge >= 0.3 is 0 Å². The Balaban J connectivity index is 1.52. The smallest absolute Gasteiger partial charge is 0.126 e. The van der Waals surface area contributed by atoms with Crippen LogP contribution in [0.25, 0.3) is 0 Å². The molecule has 2 aromatic carbocycles. The molecule has 2 aromatic rings. The quantitative estimate of drug-likeness (QED) is 0.643. The van der Waals surface area contributed by atoms with E-state index in [2.05, 4.69) is 0 Å². The molecule has 0 bridgehead atoms. The van der Waals surface area contributed by atoms with E-state index < -0.39 is 12.2 Å². The second kappa shape index (κ2) is 9.41. The normalized spacial score (nSPS) is 27.8. The van der Waals surface area contributed by atoms with Gasteiger partial charge in [0.2, 0.25) is 0 Å². The number of aliphatic hydroxyl groups excluding tert-OH is 2. The number of rotatable bonds is 6. The van der Waals surface area contributed by atoms with Gasteiger partial charge < -0.3 is 33.9 Å². The number of hydrogen-bond donors (Lipinski definition) is 2. The summed E-state index contributed by atoms with van der Waals surface area (Å²) in [5.74, 6) is 2.13. The van der Waals surface area contributed by atoms with E-state index in [0.29, 0.717) is 49.1 Å². The molecule has 0 saturated heterocycles. The van der Waals surface area contributed by atoms with Gasteiger partial charge in [-0.05, 0) is 56.0 Å². The standard InChI is InChI=1S/C26H32O7/c1-29-11-4-6-21-24(18-14-32-20-8-7-15(30-2)13-17(20)25(18)27)26(28)23-16-5-3-12-31-19(16)9-10-22(23)33-21/h7-10,13,18,21,24-28H,3-6,11-12,14H2,1-2H3. The van der Waals surface area contributed by atoms with Crippen LogP contribution in [0.3, 0.4) is 0 Å². The molecule has 7 nitrogen and oxygen atoms in total. The first-order chi connectivity index (χ1) is 16.1. The zero-order valence-corrected chi connectivity index (χ0v) is 19.2. The predicted molar refractivity (Wildman–Crippen MR) is 121 cm³/mol. The summed E-state index contributed by atoms with van der Waals surface area (Å²) < 4.78 is 29.0. The average molecular weight is 457 g/mol. The Morgan fingerprint density at radius 2 is 1.82 bits per heavy atom. The van der Waals surface area contributed by atoms with Crippen molar-refractivity contribution < 1.29 is 33.9 Å². The summed E-state index contributed by atoms with van der Waals surface area (Å²) in [5, 5.41) is 23.2. The third kappa shape index (κ3) is 4.03. The van der Waals surface area contributed by atoms with Gasteiger partial charge in [-0.3, -0.25) is 0 Å². The van der Waals surface area contributed by atoms with E-state index >= 15 is 0 Å². The summed E-state index contributed by atoms with van der Waals surface area (Å²) >= 11 is 0. The molecule has 2 N–H and O–H groups in total. The van der Waals surface area contributed by atoms with Crippen molar-refractivity contribution in [3.05, 3.63) is 47.0 Å². The summed E-state index contributed by atoms with van der Waals surface area (Å²) in [5.41, 5.74) is 2.49. The zero-order valence-electron chi connectivity index (χ0n) is 19.2. The summed E-state index contributed by atoms with van der Waals surface area (Å²) in [4.78, 5) is 0. The molecule has 0 aliphatic carbocycles. The molecule has 0 aromatic heterocycles. The SMILES string of the molecule is COCCCC1Oc2ccc3c(c2C(O)C1C1COc2ccc(OC)cc2C1O)CCCO3. The molecule has 0 saturated carbocycles. The molecule has 5 unspecified atom stereocenters. The molecule has 7 heteroatoms. The highest BCUT2D eigenvalue weighted by Gasteiger charge is 2.48. The highest BCUT2D eigenvalue weighted by Crippen LogP contribution is 2.52. The molecule has 3 heterocycles. The van der Waals surface area contributed by atoms with E-state index in [1.54, 1.807) is 14.2 Å². The van der Waals surface area contributed by atoms with E-state index in [1.165, 1.54) is 0 Å². The van der Waals surface area contributed by atoms with Crippen molar-refractivity contribution in [2.45, 2.75) is 44.0 Å². The Labute approximate surface area is 194 Å². The predicted octanol–water partition coefficient (Wildman–Crippen LogP) is 3.60. The minimum atomic E-state index is -0.811. The lowest BCUT2D eigenvalue weighted by Crippen LogP contribution is -2.46. The van der Waals surface area contributed by atoms with Gasteiger partial charge in [0.05, 0.1) is 32.5 Å². The number of fused-ring (bicyclic) bond motifs is 4. The summed E-state index contributed by atoms with van der Waals surface area (Å²) in [7, 11) is 3.28. The van der Waals surface area contributed by atoms with Gasteiger partial charge in [-0.1, -0.05) is 0 Å². The Hall–Kier alpha value is -2.48. The Morgan fingerprint density at radius 1 is 1.00 bits per heavy atom. The average Bonchev–Trinajstić information content (AvgIpc) is 2.85. The van der Waals surface area contributed by atoms with Gasteiger partial charge in [0.25, 0.3) is 0 Å². The Bertz CT molecular complexity index is 991. The fraction of sp³-hybridized carbons (Fsp3) is 0.538. The second-order valence-electron chi connectivity index (χ2n) is 9.04. The summed E-state index contributed by atoms with van der Waals surface area (Å²) in [6.07, 6.45) is 1.35. The van der Waals surface area contributed by atoms with Crippen molar-refractivity contribution in [1.82, 2.24) is 0 Å². The van der Waals surface area contributed by atoms with E-state index in [9.17, 15) is 10.2 Å². The first-order valence-electron chi connectivity index (χ1n) is 11.7. The van der Waals surface area contributed by atoms with E-state index in [-0.39, 0.29) is 17.9 Å². The van der Waals surface area contributed by atoms with Crippen LogP contribution in [0, 0.1) is 11.8 Å². The minimum absolute atomic E-state index is 0.277. The van der Waals surface area contributed by atoms with Crippen LogP contribution in [-0.4, -0.2) is 50.4 Å². The van der Waals surface area contributed by atoms with E-state index in [4.69, 9.17) is 23.7 Å². The monoisotopic (exact) mass is 456 g/mol. The van der Waals surface area contributed by atoms with Crippen molar-refractivity contribution >= 4 is 0 Å². The first kappa shape index (κ1) is 22.3. The minimum Gasteiger partial charge on any atom is -0.497 e. The van der Waals surface area contributed by atoms with Gasteiger partial charge in [0.1, 0.15) is 29.1 Å². The molecule has 178 valence electrons.